The third kappa shape index (κ3) is 3.62. The van der Waals surface area contributed by atoms with Crippen molar-refractivity contribution in [2.24, 2.45) is 5.41 Å². The smallest absolute Gasteiger partial charge is 0.311 e. The largest absolute Gasteiger partial charge is 0.469 e. The summed E-state index contributed by atoms with van der Waals surface area (Å²) in [6.07, 6.45) is 5.56. The van der Waals surface area contributed by atoms with Gasteiger partial charge in [0, 0.05) is 0 Å². The zero-order valence-electron chi connectivity index (χ0n) is 8.93. The Morgan fingerprint density at radius 2 is 2.23 bits per heavy atom. The van der Waals surface area contributed by atoms with Crippen LogP contribution in [0.5, 0.6) is 0 Å². The molecule has 0 saturated carbocycles. The number of allylic oxidation sites excluding steroid dienone is 1. The first-order chi connectivity index (χ1) is 6.10. The molecule has 0 aromatic heterocycles. The number of rotatable bonds is 6. The van der Waals surface area contributed by atoms with Crippen molar-refractivity contribution in [1.29, 1.82) is 0 Å². The maximum Gasteiger partial charge on any atom is 0.311 e. The average molecular weight is 184 g/mol. The van der Waals surface area contributed by atoms with Crippen molar-refractivity contribution in [3.8, 4) is 0 Å². The van der Waals surface area contributed by atoms with Crippen molar-refractivity contribution in [2.45, 2.75) is 39.5 Å². The van der Waals surface area contributed by atoms with E-state index in [1.54, 1.807) is 0 Å². The van der Waals surface area contributed by atoms with Crippen LogP contribution in [-0.2, 0) is 9.53 Å². The van der Waals surface area contributed by atoms with Gasteiger partial charge < -0.3 is 4.74 Å². The number of carbonyl (C=O) groups is 1. The van der Waals surface area contributed by atoms with Gasteiger partial charge in [0.05, 0.1) is 12.5 Å². The Bertz CT molecular complexity index is 175. The molecule has 1 unspecified atom stereocenters. The maximum atomic E-state index is 11.4. The summed E-state index contributed by atoms with van der Waals surface area (Å²) in [6.45, 7) is 7.63. The topological polar surface area (TPSA) is 26.3 Å². The van der Waals surface area contributed by atoms with Crippen LogP contribution in [0.4, 0.5) is 0 Å². The minimum absolute atomic E-state index is 0.0981. The molecular formula is C11H20O2. The highest BCUT2D eigenvalue weighted by Crippen LogP contribution is 2.29. The third-order valence-corrected chi connectivity index (χ3v) is 2.60. The first kappa shape index (κ1) is 12.2. The Morgan fingerprint density at radius 3 is 2.62 bits per heavy atom. The molecule has 0 aromatic carbocycles. The number of hydrogen-bond donors (Lipinski definition) is 0. The molecule has 0 saturated heterocycles. The molecule has 0 N–H and O–H groups in total. The van der Waals surface area contributed by atoms with E-state index in [1.165, 1.54) is 7.11 Å². The summed E-state index contributed by atoms with van der Waals surface area (Å²) in [6, 6.07) is 0. The molecule has 0 bridgehead atoms. The molecule has 0 heterocycles. The van der Waals surface area contributed by atoms with Crippen molar-refractivity contribution in [3.05, 3.63) is 12.7 Å². The van der Waals surface area contributed by atoms with E-state index in [1.807, 2.05) is 19.9 Å². The van der Waals surface area contributed by atoms with E-state index >= 15 is 0 Å². The van der Waals surface area contributed by atoms with Gasteiger partial charge in [-0.3, -0.25) is 4.79 Å². The van der Waals surface area contributed by atoms with E-state index < -0.39 is 0 Å². The van der Waals surface area contributed by atoms with E-state index in [0.29, 0.717) is 0 Å². The number of esters is 1. The van der Waals surface area contributed by atoms with Crippen LogP contribution in [-0.4, -0.2) is 13.1 Å². The van der Waals surface area contributed by atoms with Crippen molar-refractivity contribution in [1.82, 2.24) is 0 Å². The van der Waals surface area contributed by atoms with E-state index in [4.69, 9.17) is 4.74 Å². The molecule has 0 fully saturated rings. The molecule has 0 radical (unpaired) electrons. The van der Waals surface area contributed by atoms with Crippen LogP contribution in [0.3, 0.4) is 0 Å². The number of carbonyl (C=O) groups excluding carboxylic acids is 1. The Kier molecular flexibility index (Phi) is 5.44. The lowest BCUT2D eigenvalue weighted by atomic mass is 9.82. The lowest BCUT2D eigenvalue weighted by molar-refractivity contribution is -0.152. The lowest BCUT2D eigenvalue weighted by Gasteiger charge is -2.24. The van der Waals surface area contributed by atoms with Gasteiger partial charge in [0.25, 0.3) is 0 Å². The van der Waals surface area contributed by atoms with Gasteiger partial charge >= 0.3 is 5.97 Å². The molecule has 0 aliphatic carbocycles. The lowest BCUT2D eigenvalue weighted by Crippen LogP contribution is -2.28. The summed E-state index contributed by atoms with van der Waals surface area (Å²) in [4.78, 5) is 11.4. The van der Waals surface area contributed by atoms with Crippen molar-refractivity contribution in [3.63, 3.8) is 0 Å². The highest BCUT2D eigenvalue weighted by atomic mass is 16.5. The summed E-state index contributed by atoms with van der Waals surface area (Å²) < 4.78 is 4.77. The van der Waals surface area contributed by atoms with Gasteiger partial charge in [0.15, 0.2) is 0 Å². The van der Waals surface area contributed by atoms with Gasteiger partial charge in [-0.2, -0.15) is 0 Å². The highest BCUT2D eigenvalue weighted by molar-refractivity contribution is 5.76. The minimum atomic E-state index is -0.308. The average Bonchev–Trinajstić information content (AvgIpc) is 2.16. The Balaban J connectivity index is 4.10. The molecule has 76 valence electrons. The number of hydrogen-bond acceptors (Lipinski definition) is 2. The predicted octanol–water partition coefficient (Wildman–Crippen LogP) is 2.93. The van der Waals surface area contributed by atoms with E-state index in [9.17, 15) is 4.79 Å². The SMILES string of the molecule is C=CCCCC(C)(CC)C(=O)OC. The molecule has 0 aliphatic heterocycles. The van der Waals surface area contributed by atoms with Crippen LogP contribution >= 0.6 is 0 Å². The molecule has 0 amide bonds. The minimum Gasteiger partial charge on any atom is -0.469 e. The predicted molar refractivity (Wildman–Crippen MR) is 54.5 cm³/mol. The van der Waals surface area contributed by atoms with E-state index in [0.717, 1.165) is 25.7 Å². The summed E-state index contributed by atoms with van der Waals surface area (Å²) in [5.41, 5.74) is -0.308. The fraction of sp³-hybridized carbons (Fsp3) is 0.727. The molecule has 13 heavy (non-hydrogen) atoms. The van der Waals surface area contributed by atoms with E-state index in [2.05, 4.69) is 6.58 Å². The fourth-order valence-electron chi connectivity index (χ4n) is 1.31. The maximum absolute atomic E-state index is 11.4. The van der Waals surface area contributed by atoms with Crippen molar-refractivity contribution >= 4 is 5.97 Å². The Labute approximate surface area is 81.0 Å². The second kappa shape index (κ2) is 5.79. The first-order valence-electron chi connectivity index (χ1n) is 4.80. The highest BCUT2D eigenvalue weighted by Gasteiger charge is 2.31. The fourth-order valence-corrected chi connectivity index (χ4v) is 1.31. The van der Waals surface area contributed by atoms with Gasteiger partial charge in [-0.25, -0.2) is 0 Å². The summed E-state index contributed by atoms with van der Waals surface area (Å²) in [5.74, 6) is -0.0981. The molecule has 0 aliphatic rings. The molecule has 2 nitrogen and oxygen atoms in total. The van der Waals surface area contributed by atoms with Gasteiger partial charge in [-0.1, -0.05) is 13.0 Å². The van der Waals surface area contributed by atoms with Crippen LogP contribution < -0.4 is 0 Å². The first-order valence-corrected chi connectivity index (χ1v) is 4.80. The Morgan fingerprint density at radius 1 is 1.62 bits per heavy atom. The molecule has 0 rings (SSSR count). The molecule has 0 spiro atoms. The standard InChI is InChI=1S/C11H20O2/c1-5-7-8-9-11(3,6-2)10(12)13-4/h5H,1,6-9H2,2-4H3. The molecule has 1 atom stereocenters. The van der Waals surface area contributed by atoms with Crippen LogP contribution in [0.1, 0.15) is 39.5 Å². The van der Waals surface area contributed by atoms with Gasteiger partial charge in [-0.05, 0) is 32.6 Å². The summed E-state index contributed by atoms with van der Waals surface area (Å²) in [7, 11) is 1.45. The van der Waals surface area contributed by atoms with Crippen LogP contribution in [0.15, 0.2) is 12.7 Å². The van der Waals surface area contributed by atoms with Crippen LogP contribution in [0.25, 0.3) is 0 Å². The number of methoxy groups -OCH3 is 1. The monoisotopic (exact) mass is 184 g/mol. The number of ether oxygens (including phenoxy) is 1. The Hall–Kier alpha value is -0.790. The summed E-state index contributed by atoms with van der Waals surface area (Å²) >= 11 is 0. The van der Waals surface area contributed by atoms with E-state index in [-0.39, 0.29) is 11.4 Å². The van der Waals surface area contributed by atoms with Crippen LogP contribution in [0.2, 0.25) is 0 Å². The van der Waals surface area contributed by atoms with Gasteiger partial charge in [0.2, 0.25) is 0 Å². The summed E-state index contributed by atoms with van der Waals surface area (Å²) in [5, 5.41) is 0. The second-order valence-corrected chi connectivity index (χ2v) is 3.59. The zero-order valence-corrected chi connectivity index (χ0v) is 8.93. The van der Waals surface area contributed by atoms with Crippen molar-refractivity contribution < 1.29 is 9.53 Å². The third-order valence-electron chi connectivity index (χ3n) is 2.60. The van der Waals surface area contributed by atoms with Crippen LogP contribution in [0, 0.1) is 5.41 Å². The second-order valence-electron chi connectivity index (χ2n) is 3.59. The molecule has 0 aromatic rings. The quantitative estimate of drug-likeness (QED) is 0.360. The molecular weight excluding hydrogens is 164 g/mol. The normalized spacial score (nSPS) is 14.7. The zero-order chi connectivity index (χ0) is 10.3. The number of unbranched alkanes of at least 4 members (excludes halogenated alkanes) is 1. The van der Waals surface area contributed by atoms with Gasteiger partial charge in [0.1, 0.15) is 0 Å². The van der Waals surface area contributed by atoms with Crippen molar-refractivity contribution in [2.75, 3.05) is 7.11 Å². The molecule has 2 heteroatoms. The van der Waals surface area contributed by atoms with Gasteiger partial charge in [-0.15, -0.1) is 6.58 Å².